The number of quaternary nitrogens is 1. The van der Waals surface area contributed by atoms with Crippen molar-refractivity contribution in [3.63, 3.8) is 0 Å². The first-order chi connectivity index (χ1) is 17.5. The molecule has 2 bridgehead atoms. The van der Waals surface area contributed by atoms with Crippen LogP contribution in [0, 0.1) is 5.92 Å². The van der Waals surface area contributed by atoms with Crippen LogP contribution < -0.4 is 5.32 Å². The summed E-state index contributed by atoms with van der Waals surface area (Å²) in [6.45, 7) is 7.58. The maximum atomic E-state index is 13.9. The van der Waals surface area contributed by atoms with E-state index in [1.807, 2.05) is 55.5 Å². The Morgan fingerprint density at radius 3 is 2.28 bits per heavy atom. The lowest BCUT2D eigenvalue weighted by molar-refractivity contribution is -0.939. The zero-order chi connectivity index (χ0) is 25.0. The minimum Gasteiger partial charge on any atom is -0.454 e. The summed E-state index contributed by atoms with van der Waals surface area (Å²) in [6, 6.07) is 20.1. The van der Waals surface area contributed by atoms with E-state index < -0.39 is 5.54 Å². The molecule has 36 heavy (non-hydrogen) atoms. The van der Waals surface area contributed by atoms with Gasteiger partial charge in [0.2, 0.25) is 0 Å². The lowest BCUT2D eigenvalue weighted by atomic mass is 9.82. The summed E-state index contributed by atoms with van der Waals surface area (Å²) in [5.41, 5.74) is 1.32. The highest BCUT2D eigenvalue weighted by Crippen LogP contribution is 2.38. The zero-order valence-corrected chi connectivity index (χ0v) is 21.5. The molecular formula is C30H40N3O3+. The zero-order valence-electron chi connectivity index (χ0n) is 21.5. The molecule has 2 atom stereocenters. The molecule has 1 N–H and O–H groups in total. The van der Waals surface area contributed by atoms with Crippen molar-refractivity contribution in [1.29, 1.82) is 0 Å². The summed E-state index contributed by atoms with van der Waals surface area (Å²) in [6.07, 6.45) is 5.33. The van der Waals surface area contributed by atoms with E-state index in [-0.39, 0.29) is 18.0 Å². The van der Waals surface area contributed by atoms with Gasteiger partial charge in [-0.1, -0.05) is 67.1 Å². The van der Waals surface area contributed by atoms with Gasteiger partial charge in [-0.25, -0.2) is 4.79 Å². The highest BCUT2D eigenvalue weighted by Gasteiger charge is 2.51. The van der Waals surface area contributed by atoms with Crippen molar-refractivity contribution in [3.8, 4) is 0 Å². The topological polar surface area (TPSA) is 58.6 Å². The molecule has 192 valence electrons. The molecule has 6 heteroatoms. The number of hydrogen-bond donors (Lipinski definition) is 1. The van der Waals surface area contributed by atoms with Crippen LogP contribution in [0.25, 0.3) is 0 Å². The Labute approximate surface area is 215 Å². The number of amides is 1. The molecule has 4 saturated heterocycles. The van der Waals surface area contributed by atoms with Crippen LogP contribution in [-0.4, -0.2) is 66.6 Å². The minimum absolute atomic E-state index is 0.0757. The highest BCUT2D eigenvalue weighted by atomic mass is 16.5. The monoisotopic (exact) mass is 490 g/mol. The normalized spacial score (nSPS) is 27.7. The number of carbonyl (C=O) groups is 2. The van der Waals surface area contributed by atoms with E-state index in [9.17, 15) is 9.59 Å². The van der Waals surface area contributed by atoms with E-state index in [0.717, 1.165) is 74.0 Å². The van der Waals surface area contributed by atoms with Gasteiger partial charge in [-0.3, -0.25) is 9.69 Å². The summed E-state index contributed by atoms with van der Waals surface area (Å²) in [5, 5.41) is 3.10. The van der Waals surface area contributed by atoms with Crippen molar-refractivity contribution in [1.82, 2.24) is 10.2 Å². The van der Waals surface area contributed by atoms with Gasteiger partial charge in [0.15, 0.2) is 12.6 Å². The molecule has 4 aliphatic rings. The number of esters is 1. The van der Waals surface area contributed by atoms with Gasteiger partial charge in [-0.2, -0.15) is 0 Å². The molecular weight excluding hydrogens is 450 g/mol. The molecule has 0 unspecified atom stereocenters. The third-order valence-corrected chi connectivity index (χ3v) is 8.83. The number of likely N-dealkylation sites (tertiary alicyclic amines) is 1. The molecule has 0 aromatic heterocycles. The molecule has 0 aliphatic carbocycles. The van der Waals surface area contributed by atoms with Crippen molar-refractivity contribution in [2.24, 2.45) is 5.92 Å². The van der Waals surface area contributed by atoms with E-state index in [4.69, 9.17) is 4.74 Å². The number of piperidine rings is 4. The molecule has 0 saturated carbocycles. The quantitative estimate of drug-likeness (QED) is 0.451. The van der Waals surface area contributed by atoms with Crippen molar-refractivity contribution in [2.75, 3.05) is 39.3 Å². The van der Waals surface area contributed by atoms with Crippen molar-refractivity contribution < 1.29 is 18.8 Å². The Hall–Kier alpha value is -2.70. The third-order valence-electron chi connectivity index (χ3n) is 8.83. The van der Waals surface area contributed by atoms with Crippen LogP contribution in [0.2, 0.25) is 0 Å². The van der Waals surface area contributed by atoms with Gasteiger partial charge in [0, 0.05) is 25.3 Å². The summed E-state index contributed by atoms with van der Waals surface area (Å²) >= 11 is 0. The SMILES string of the molecule is C[C@@](C(=O)O[C@H]1C[N+]2(CC(=O)NCc3ccccc3)CCC1CC2)(c1ccccc1)N1CCCCC1. The number of ether oxygens (including phenoxy) is 1. The van der Waals surface area contributed by atoms with Crippen LogP contribution in [0.5, 0.6) is 0 Å². The second kappa shape index (κ2) is 10.7. The number of hydrogen-bond acceptors (Lipinski definition) is 4. The molecule has 0 spiro atoms. The van der Waals surface area contributed by atoms with E-state index in [1.54, 1.807) is 0 Å². The second-order valence-corrected chi connectivity index (χ2v) is 11.2. The van der Waals surface area contributed by atoms with Gasteiger partial charge in [0.25, 0.3) is 5.91 Å². The number of fused-ring (bicyclic) bond motifs is 3. The second-order valence-electron chi connectivity index (χ2n) is 11.2. The molecule has 4 fully saturated rings. The van der Waals surface area contributed by atoms with Crippen LogP contribution in [0.4, 0.5) is 0 Å². The molecule has 1 amide bonds. The van der Waals surface area contributed by atoms with E-state index >= 15 is 0 Å². The number of rotatable bonds is 8. The summed E-state index contributed by atoms with van der Waals surface area (Å²) in [7, 11) is 0. The summed E-state index contributed by atoms with van der Waals surface area (Å²) in [5.74, 6) is 0.329. The fourth-order valence-corrected chi connectivity index (χ4v) is 6.52. The van der Waals surface area contributed by atoms with Gasteiger partial charge in [0.05, 0.1) is 13.1 Å². The minimum atomic E-state index is -0.786. The van der Waals surface area contributed by atoms with Crippen LogP contribution in [0.1, 0.15) is 50.2 Å². The van der Waals surface area contributed by atoms with Gasteiger partial charge in [-0.05, 0) is 44.0 Å². The van der Waals surface area contributed by atoms with Gasteiger partial charge >= 0.3 is 5.97 Å². The Morgan fingerprint density at radius 2 is 1.61 bits per heavy atom. The molecule has 6 nitrogen and oxygen atoms in total. The van der Waals surface area contributed by atoms with Crippen molar-refractivity contribution in [3.05, 3.63) is 71.8 Å². The lowest BCUT2D eigenvalue weighted by Crippen LogP contribution is -2.67. The average molecular weight is 491 g/mol. The Morgan fingerprint density at radius 1 is 0.972 bits per heavy atom. The van der Waals surface area contributed by atoms with E-state index in [0.29, 0.717) is 19.0 Å². The fourth-order valence-electron chi connectivity index (χ4n) is 6.52. The Bertz CT molecular complexity index is 1030. The largest absolute Gasteiger partial charge is 0.454 e. The van der Waals surface area contributed by atoms with Crippen molar-refractivity contribution >= 4 is 11.9 Å². The first-order valence-corrected chi connectivity index (χ1v) is 13.7. The number of benzene rings is 2. The molecule has 0 radical (unpaired) electrons. The highest BCUT2D eigenvalue weighted by molar-refractivity contribution is 5.82. The predicted octanol–water partition coefficient (Wildman–Crippen LogP) is 3.86. The smallest absolute Gasteiger partial charge is 0.331 e. The van der Waals surface area contributed by atoms with Gasteiger partial charge < -0.3 is 14.5 Å². The number of nitrogens with one attached hydrogen (secondary N) is 1. The molecule has 2 aromatic carbocycles. The number of carbonyl (C=O) groups excluding carboxylic acids is 2. The first-order valence-electron chi connectivity index (χ1n) is 13.7. The van der Waals surface area contributed by atoms with Crippen molar-refractivity contribution in [2.45, 2.75) is 57.2 Å². The van der Waals surface area contributed by atoms with E-state index in [2.05, 4.69) is 22.3 Å². The van der Waals surface area contributed by atoms with Gasteiger partial charge in [0.1, 0.15) is 12.1 Å². The fraction of sp³-hybridized carbons (Fsp3) is 0.533. The predicted molar refractivity (Wildman–Crippen MR) is 140 cm³/mol. The van der Waals surface area contributed by atoms with Gasteiger partial charge in [-0.15, -0.1) is 0 Å². The first kappa shape index (κ1) is 25.0. The molecule has 2 aromatic rings. The molecule has 4 heterocycles. The maximum Gasteiger partial charge on any atom is 0.331 e. The Balaban J connectivity index is 1.27. The van der Waals surface area contributed by atoms with Crippen LogP contribution in [0.3, 0.4) is 0 Å². The molecule has 6 rings (SSSR count). The Kier molecular flexibility index (Phi) is 7.44. The lowest BCUT2D eigenvalue weighted by Gasteiger charge is -2.52. The maximum absolute atomic E-state index is 13.9. The van der Waals surface area contributed by atoms with Crippen LogP contribution in [-0.2, 0) is 26.4 Å². The van der Waals surface area contributed by atoms with Crippen LogP contribution >= 0.6 is 0 Å². The standard InChI is InChI=1S/C30H39N3O3/c1-30(26-13-7-3-8-14-26,32-17-9-4-10-18-32)29(35)36-27-22-33(19-15-25(27)16-20-33)23-28(34)31-21-24-11-5-2-6-12-24/h2-3,5-8,11-14,25,27H,4,9-10,15-23H2,1H3/p+1/t25?,27-,30-,33?/m0/s1. The third kappa shape index (κ3) is 5.21. The molecule has 4 aliphatic heterocycles. The average Bonchev–Trinajstić information content (AvgIpc) is 2.93. The van der Waals surface area contributed by atoms with Crippen LogP contribution in [0.15, 0.2) is 60.7 Å². The number of nitrogens with zero attached hydrogens (tertiary/aromatic N) is 2. The summed E-state index contributed by atoms with van der Waals surface area (Å²) in [4.78, 5) is 29.2. The summed E-state index contributed by atoms with van der Waals surface area (Å²) < 4.78 is 7.13. The van der Waals surface area contributed by atoms with E-state index in [1.165, 1.54) is 6.42 Å².